The van der Waals surface area contributed by atoms with Gasteiger partial charge in [-0.05, 0) is 56.5 Å². The van der Waals surface area contributed by atoms with E-state index in [4.69, 9.17) is 0 Å². The third-order valence-electron chi connectivity index (χ3n) is 3.45. The molecule has 1 aromatic rings. The summed E-state index contributed by atoms with van der Waals surface area (Å²) >= 11 is 7.15. The van der Waals surface area contributed by atoms with Crippen molar-refractivity contribution in [3.63, 3.8) is 0 Å². The highest BCUT2D eigenvalue weighted by atomic mass is 79.9. The molecule has 0 saturated carbocycles. The van der Waals surface area contributed by atoms with E-state index >= 15 is 0 Å². The number of allylic oxidation sites excluding steroid dienone is 1. The maximum Gasteiger partial charge on any atom is 0.0534 e. The number of hydrogen-bond acceptors (Lipinski definition) is 1. The predicted octanol–water partition coefficient (Wildman–Crippen LogP) is 5.36. The first-order chi connectivity index (χ1) is 8.70. The van der Waals surface area contributed by atoms with Gasteiger partial charge in [0.25, 0.3) is 0 Å². The molecule has 0 heterocycles. The lowest BCUT2D eigenvalue weighted by Crippen LogP contribution is -2.18. The first-order valence-electron chi connectivity index (χ1n) is 6.53. The van der Waals surface area contributed by atoms with E-state index in [-0.39, 0.29) is 0 Å². The summed E-state index contributed by atoms with van der Waals surface area (Å²) in [6, 6.07) is 6.84. The second-order valence-electron chi connectivity index (χ2n) is 4.80. The average Bonchev–Trinajstić information content (AvgIpc) is 2.58. The van der Waals surface area contributed by atoms with E-state index in [1.165, 1.54) is 37.7 Å². The molecule has 0 radical (unpaired) electrons. The van der Waals surface area contributed by atoms with E-state index in [0.29, 0.717) is 6.04 Å². The van der Waals surface area contributed by atoms with Crippen molar-refractivity contribution in [1.29, 1.82) is 0 Å². The molecule has 2 rings (SSSR count). The molecular formula is C15H19Br2N. The molecule has 98 valence electrons. The first kappa shape index (κ1) is 14.3. The van der Waals surface area contributed by atoms with Crippen LogP contribution in [0.1, 0.15) is 43.7 Å². The monoisotopic (exact) mass is 371 g/mol. The molecule has 1 aliphatic rings. The Morgan fingerprint density at radius 3 is 2.44 bits per heavy atom. The molecule has 1 N–H and O–H groups in total. The third-order valence-corrected chi connectivity index (χ3v) is 4.37. The van der Waals surface area contributed by atoms with Gasteiger partial charge in [0.1, 0.15) is 0 Å². The molecule has 1 aliphatic carbocycles. The van der Waals surface area contributed by atoms with Crippen molar-refractivity contribution >= 4 is 31.9 Å². The summed E-state index contributed by atoms with van der Waals surface area (Å²) in [6.07, 6.45) is 8.89. The van der Waals surface area contributed by atoms with Crippen LogP contribution in [0.4, 0.5) is 0 Å². The maximum absolute atomic E-state index is 3.57. The Balaban J connectivity index is 2.29. The summed E-state index contributed by atoms with van der Waals surface area (Å²) in [5, 5.41) is 3.46. The van der Waals surface area contributed by atoms with E-state index in [0.717, 1.165) is 8.95 Å². The van der Waals surface area contributed by atoms with Crippen LogP contribution in [0.3, 0.4) is 0 Å². The molecule has 0 aliphatic heterocycles. The van der Waals surface area contributed by atoms with Gasteiger partial charge in [-0.25, -0.2) is 0 Å². The summed E-state index contributed by atoms with van der Waals surface area (Å²) < 4.78 is 2.25. The van der Waals surface area contributed by atoms with Crippen LogP contribution in [0.5, 0.6) is 0 Å². The van der Waals surface area contributed by atoms with E-state index in [9.17, 15) is 0 Å². The molecule has 3 heteroatoms. The van der Waals surface area contributed by atoms with E-state index < -0.39 is 0 Å². The van der Waals surface area contributed by atoms with Crippen LogP contribution in [0.15, 0.2) is 38.8 Å². The van der Waals surface area contributed by atoms with Crippen molar-refractivity contribution in [1.82, 2.24) is 5.32 Å². The van der Waals surface area contributed by atoms with Crippen molar-refractivity contribution in [3.05, 3.63) is 44.4 Å². The van der Waals surface area contributed by atoms with Gasteiger partial charge in [-0.3, -0.25) is 0 Å². The fourth-order valence-electron chi connectivity index (χ4n) is 2.61. The van der Waals surface area contributed by atoms with Crippen molar-refractivity contribution < 1.29 is 0 Å². The van der Waals surface area contributed by atoms with Gasteiger partial charge in [-0.1, -0.05) is 49.9 Å². The number of benzene rings is 1. The Hall–Kier alpha value is -0.120. The lowest BCUT2D eigenvalue weighted by Gasteiger charge is -2.21. The molecule has 0 saturated heterocycles. The van der Waals surface area contributed by atoms with Crippen LogP contribution in [0, 0.1) is 0 Å². The van der Waals surface area contributed by atoms with E-state index in [1.807, 2.05) is 7.05 Å². The zero-order valence-electron chi connectivity index (χ0n) is 10.7. The average molecular weight is 373 g/mol. The minimum absolute atomic E-state index is 0.344. The Morgan fingerprint density at radius 1 is 1.06 bits per heavy atom. The molecule has 0 aromatic heterocycles. The summed E-state index contributed by atoms with van der Waals surface area (Å²) in [4.78, 5) is 0. The molecule has 1 aromatic carbocycles. The Labute approximate surface area is 126 Å². The Kier molecular flexibility index (Phi) is 5.46. The minimum Gasteiger partial charge on any atom is -0.310 e. The van der Waals surface area contributed by atoms with Gasteiger partial charge in [0.2, 0.25) is 0 Å². The van der Waals surface area contributed by atoms with Gasteiger partial charge >= 0.3 is 0 Å². The Morgan fingerprint density at radius 2 is 1.78 bits per heavy atom. The van der Waals surface area contributed by atoms with Crippen molar-refractivity contribution in [3.8, 4) is 0 Å². The number of rotatable bonds is 3. The van der Waals surface area contributed by atoms with Crippen LogP contribution in [0.25, 0.3) is 0 Å². The highest BCUT2D eigenvalue weighted by Gasteiger charge is 2.16. The number of hydrogen-bond donors (Lipinski definition) is 1. The smallest absolute Gasteiger partial charge is 0.0534 e. The second kappa shape index (κ2) is 6.88. The van der Waals surface area contributed by atoms with Crippen LogP contribution in [0.2, 0.25) is 0 Å². The largest absolute Gasteiger partial charge is 0.310 e. The lowest BCUT2D eigenvalue weighted by atomic mass is 9.95. The molecule has 1 nitrogen and oxygen atoms in total. The highest BCUT2D eigenvalue weighted by molar-refractivity contribution is 9.11. The number of halogens is 2. The SMILES string of the molecule is CNC(C1=CCCCCC1)c1cc(Br)cc(Br)c1. The molecule has 0 amide bonds. The maximum atomic E-state index is 3.57. The molecule has 1 unspecified atom stereocenters. The minimum atomic E-state index is 0.344. The van der Waals surface area contributed by atoms with Crippen LogP contribution in [-0.2, 0) is 0 Å². The summed E-state index contributed by atoms with van der Waals surface area (Å²) in [5.41, 5.74) is 2.87. The van der Waals surface area contributed by atoms with Crippen LogP contribution < -0.4 is 5.32 Å². The predicted molar refractivity (Wildman–Crippen MR) is 84.8 cm³/mol. The highest BCUT2D eigenvalue weighted by Crippen LogP contribution is 2.32. The zero-order valence-corrected chi connectivity index (χ0v) is 13.9. The van der Waals surface area contributed by atoms with Gasteiger partial charge in [0.05, 0.1) is 6.04 Å². The first-order valence-corrected chi connectivity index (χ1v) is 8.11. The topological polar surface area (TPSA) is 12.0 Å². The fourth-order valence-corrected chi connectivity index (χ4v) is 3.94. The second-order valence-corrected chi connectivity index (χ2v) is 6.63. The zero-order chi connectivity index (χ0) is 13.0. The van der Waals surface area contributed by atoms with Crippen molar-refractivity contribution in [2.75, 3.05) is 7.05 Å². The van der Waals surface area contributed by atoms with Gasteiger partial charge in [0.15, 0.2) is 0 Å². The van der Waals surface area contributed by atoms with Gasteiger partial charge in [-0.15, -0.1) is 0 Å². The Bertz CT molecular complexity index is 420. The summed E-state index contributed by atoms with van der Waals surface area (Å²) in [6.45, 7) is 0. The van der Waals surface area contributed by atoms with Crippen LogP contribution in [-0.4, -0.2) is 7.05 Å². The molecule has 0 spiro atoms. The standard InChI is InChI=1S/C15H19Br2N/c1-18-15(11-6-4-2-3-5-7-11)12-8-13(16)10-14(17)9-12/h6,8-10,15,18H,2-5,7H2,1H3. The summed E-state index contributed by atoms with van der Waals surface area (Å²) in [5.74, 6) is 0. The van der Waals surface area contributed by atoms with E-state index in [1.54, 1.807) is 5.57 Å². The van der Waals surface area contributed by atoms with Crippen molar-refractivity contribution in [2.24, 2.45) is 0 Å². The quantitative estimate of drug-likeness (QED) is 0.704. The van der Waals surface area contributed by atoms with Gasteiger partial charge in [-0.2, -0.15) is 0 Å². The third kappa shape index (κ3) is 3.69. The number of nitrogens with one attached hydrogen (secondary N) is 1. The molecule has 18 heavy (non-hydrogen) atoms. The summed E-state index contributed by atoms with van der Waals surface area (Å²) in [7, 11) is 2.05. The lowest BCUT2D eigenvalue weighted by molar-refractivity contribution is 0.628. The normalized spacial score (nSPS) is 18.1. The molecular weight excluding hydrogens is 354 g/mol. The van der Waals surface area contributed by atoms with Crippen LogP contribution >= 0.6 is 31.9 Å². The molecule has 0 bridgehead atoms. The van der Waals surface area contributed by atoms with Gasteiger partial charge < -0.3 is 5.32 Å². The van der Waals surface area contributed by atoms with E-state index in [2.05, 4.69) is 61.5 Å². The molecule has 1 atom stereocenters. The van der Waals surface area contributed by atoms with Crippen molar-refractivity contribution in [2.45, 2.75) is 38.1 Å². The fraction of sp³-hybridized carbons (Fsp3) is 0.467. The van der Waals surface area contributed by atoms with Gasteiger partial charge in [0, 0.05) is 8.95 Å². The molecule has 0 fully saturated rings. The number of likely N-dealkylation sites (N-methyl/N-ethyl adjacent to an activating group) is 1.